The van der Waals surface area contributed by atoms with Gasteiger partial charge in [0.1, 0.15) is 5.82 Å². The molecule has 0 saturated carbocycles. The number of halogens is 1. The fourth-order valence-electron chi connectivity index (χ4n) is 1.32. The first-order valence-electron chi connectivity index (χ1n) is 4.00. The molecule has 0 atom stereocenters. The molecular formula is C10H8FNO. The van der Waals surface area contributed by atoms with Crippen LogP contribution < -0.4 is 5.32 Å². The molecule has 0 bridgehead atoms. The quantitative estimate of drug-likeness (QED) is 0.689. The molecule has 2 rings (SSSR count). The van der Waals surface area contributed by atoms with Crippen molar-refractivity contribution in [1.29, 1.82) is 0 Å². The van der Waals surface area contributed by atoms with E-state index >= 15 is 0 Å². The molecule has 0 aliphatic carbocycles. The van der Waals surface area contributed by atoms with Crippen molar-refractivity contribution in [3.8, 4) is 0 Å². The maximum atomic E-state index is 12.8. The lowest BCUT2D eigenvalue weighted by Crippen LogP contribution is -2.14. The molecule has 1 aromatic rings. The number of amides is 1. The van der Waals surface area contributed by atoms with Gasteiger partial charge in [-0.05, 0) is 23.3 Å². The van der Waals surface area contributed by atoms with Crippen molar-refractivity contribution in [3.63, 3.8) is 0 Å². The van der Waals surface area contributed by atoms with E-state index in [4.69, 9.17) is 0 Å². The fraction of sp³-hybridized carbons (Fsp3) is 0.100. The molecule has 0 spiro atoms. The minimum atomic E-state index is -0.280. The fourth-order valence-corrected chi connectivity index (χ4v) is 1.32. The molecule has 1 N–H and O–H groups in total. The van der Waals surface area contributed by atoms with Gasteiger partial charge in [-0.3, -0.25) is 4.79 Å². The summed E-state index contributed by atoms with van der Waals surface area (Å²) in [7, 11) is 0. The standard InChI is InChI=1S/C10H8FNO/c11-9-3-1-2-7(4-9)8-5-10(13)12-6-8/h1-5H,6H2,(H,12,13). The summed E-state index contributed by atoms with van der Waals surface area (Å²) in [6.07, 6.45) is 1.49. The predicted molar refractivity (Wildman–Crippen MR) is 47.4 cm³/mol. The van der Waals surface area contributed by atoms with Crippen LogP contribution in [-0.2, 0) is 4.79 Å². The van der Waals surface area contributed by atoms with Crippen molar-refractivity contribution >= 4 is 11.5 Å². The molecule has 66 valence electrons. The van der Waals surface area contributed by atoms with Crippen molar-refractivity contribution in [3.05, 3.63) is 41.7 Å². The third-order valence-corrected chi connectivity index (χ3v) is 1.95. The van der Waals surface area contributed by atoms with E-state index in [1.807, 2.05) is 0 Å². The molecular weight excluding hydrogens is 169 g/mol. The second kappa shape index (κ2) is 3.01. The van der Waals surface area contributed by atoms with Crippen LogP contribution in [-0.4, -0.2) is 12.5 Å². The third-order valence-electron chi connectivity index (χ3n) is 1.95. The molecule has 1 aliphatic heterocycles. The van der Waals surface area contributed by atoms with Crippen LogP contribution in [0.5, 0.6) is 0 Å². The highest BCUT2D eigenvalue weighted by Gasteiger charge is 2.12. The van der Waals surface area contributed by atoms with Gasteiger partial charge in [0.25, 0.3) is 0 Å². The first kappa shape index (κ1) is 7.98. The van der Waals surface area contributed by atoms with Gasteiger partial charge in [0.15, 0.2) is 0 Å². The topological polar surface area (TPSA) is 29.1 Å². The molecule has 1 aliphatic rings. The normalized spacial score (nSPS) is 15.5. The molecule has 0 unspecified atom stereocenters. The second-order valence-electron chi connectivity index (χ2n) is 2.90. The maximum absolute atomic E-state index is 12.8. The van der Waals surface area contributed by atoms with Gasteiger partial charge in [-0.2, -0.15) is 0 Å². The number of nitrogens with one attached hydrogen (secondary N) is 1. The monoisotopic (exact) mass is 177 g/mol. The lowest BCUT2D eigenvalue weighted by molar-refractivity contribution is -0.115. The van der Waals surface area contributed by atoms with Crippen molar-refractivity contribution < 1.29 is 9.18 Å². The van der Waals surface area contributed by atoms with Gasteiger partial charge < -0.3 is 5.32 Å². The molecule has 1 aromatic carbocycles. The van der Waals surface area contributed by atoms with E-state index in [1.165, 1.54) is 18.2 Å². The Kier molecular flexibility index (Phi) is 1.85. The van der Waals surface area contributed by atoms with Crippen LogP contribution in [0.4, 0.5) is 4.39 Å². The van der Waals surface area contributed by atoms with Crippen LogP contribution in [0.3, 0.4) is 0 Å². The first-order chi connectivity index (χ1) is 6.25. The maximum Gasteiger partial charge on any atom is 0.244 e. The molecule has 1 amide bonds. The molecule has 0 saturated heterocycles. The van der Waals surface area contributed by atoms with Crippen molar-refractivity contribution in [2.24, 2.45) is 0 Å². The number of hydrogen-bond acceptors (Lipinski definition) is 1. The second-order valence-corrected chi connectivity index (χ2v) is 2.90. The summed E-state index contributed by atoms with van der Waals surface area (Å²) in [5, 5.41) is 2.63. The zero-order valence-corrected chi connectivity index (χ0v) is 6.88. The Morgan fingerprint density at radius 1 is 1.38 bits per heavy atom. The Morgan fingerprint density at radius 3 is 2.85 bits per heavy atom. The summed E-state index contributed by atoms with van der Waals surface area (Å²) in [5.74, 6) is -0.392. The summed E-state index contributed by atoms with van der Waals surface area (Å²) >= 11 is 0. The molecule has 0 aromatic heterocycles. The highest BCUT2D eigenvalue weighted by Crippen LogP contribution is 2.17. The molecule has 0 radical (unpaired) electrons. The molecule has 1 heterocycles. The van der Waals surface area contributed by atoms with Crippen molar-refractivity contribution in [1.82, 2.24) is 5.32 Å². The minimum Gasteiger partial charge on any atom is -0.348 e. The van der Waals surface area contributed by atoms with E-state index in [9.17, 15) is 9.18 Å². The number of rotatable bonds is 1. The molecule has 3 heteroatoms. The average molecular weight is 177 g/mol. The van der Waals surface area contributed by atoms with Gasteiger partial charge in [-0.1, -0.05) is 12.1 Å². The Hall–Kier alpha value is -1.64. The van der Waals surface area contributed by atoms with Gasteiger partial charge in [0.05, 0.1) is 0 Å². The van der Waals surface area contributed by atoms with Gasteiger partial charge in [0, 0.05) is 12.6 Å². The number of benzene rings is 1. The van der Waals surface area contributed by atoms with E-state index in [0.717, 1.165) is 11.1 Å². The van der Waals surface area contributed by atoms with Crippen LogP contribution in [0.15, 0.2) is 30.3 Å². The average Bonchev–Trinajstić information content (AvgIpc) is 2.52. The van der Waals surface area contributed by atoms with Gasteiger partial charge >= 0.3 is 0 Å². The number of carbonyl (C=O) groups is 1. The van der Waals surface area contributed by atoms with Crippen LogP contribution in [0.1, 0.15) is 5.56 Å². The predicted octanol–water partition coefficient (Wildman–Crippen LogP) is 1.34. The number of carbonyl (C=O) groups excluding carboxylic acids is 1. The first-order valence-corrected chi connectivity index (χ1v) is 4.00. The van der Waals surface area contributed by atoms with Crippen LogP contribution in [0, 0.1) is 5.82 Å². The van der Waals surface area contributed by atoms with Crippen LogP contribution in [0.2, 0.25) is 0 Å². The zero-order valence-electron chi connectivity index (χ0n) is 6.88. The Morgan fingerprint density at radius 2 is 2.23 bits per heavy atom. The van der Waals surface area contributed by atoms with E-state index in [2.05, 4.69) is 5.32 Å². The zero-order chi connectivity index (χ0) is 9.26. The smallest absolute Gasteiger partial charge is 0.244 e. The van der Waals surface area contributed by atoms with E-state index in [-0.39, 0.29) is 11.7 Å². The molecule has 13 heavy (non-hydrogen) atoms. The lowest BCUT2D eigenvalue weighted by Gasteiger charge is -2.00. The van der Waals surface area contributed by atoms with Crippen LogP contribution in [0.25, 0.3) is 5.57 Å². The van der Waals surface area contributed by atoms with Gasteiger partial charge in [0.2, 0.25) is 5.91 Å². The van der Waals surface area contributed by atoms with Gasteiger partial charge in [-0.15, -0.1) is 0 Å². The Labute approximate surface area is 75.1 Å². The summed E-state index contributed by atoms with van der Waals surface area (Å²) in [5.41, 5.74) is 1.60. The van der Waals surface area contributed by atoms with E-state index < -0.39 is 0 Å². The summed E-state index contributed by atoms with van der Waals surface area (Å²) in [4.78, 5) is 10.8. The third kappa shape index (κ3) is 1.59. The van der Waals surface area contributed by atoms with Crippen molar-refractivity contribution in [2.45, 2.75) is 0 Å². The van der Waals surface area contributed by atoms with E-state index in [0.29, 0.717) is 6.54 Å². The Balaban J connectivity index is 2.36. The van der Waals surface area contributed by atoms with Crippen LogP contribution >= 0.6 is 0 Å². The largest absolute Gasteiger partial charge is 0.348 e. The number of hydrogen-bond donors (Lipinski definition) is 1. The minimum absolute atomic E-state index is 0.112. The summed E-state index contributed by atoms with van der Waals surface area (Å²) in [6.45, 7) is 0.488. The van der Waals surface area contributed by atoms with Gasteiger partial charge in [-0.25, -0.2) is 4.39 Å². The summed E-state index contributed by atoms with van der Waals surface area (Å²) < 4.78 is 12.8. The molecule has 2 nitrogen and oxygen atoms in total. The Bertz CT molecular complexity index is 384. The van der Waals surface area contributed by atoms with E-state index in [1.54, 1.807) is 12.1 Å². The lowest BCUT2D eigenvalue weighted by atomic mass is 10.1. The SMILES string of the molecule is O=C1C=C(c2cccc(F)c2)CN1. The van der Waals surface area contributed by atoms with Crippen molar-refractivity contribution in [2.75, 3.05) is 6.54 Å². The summed E-state index contributed by atoms with van der Waals surface area (Å²) in [6, 6.07) is 6.23. The highest BCUT2D eigenvalue weighted by molar-refractivity contribution is 6.00. The highest BCUT2D eigenvalue weighted by atomic mass is 19.1. The molecule has 0 fully saturated rings.